The quantitative estimate of drug-likeness (QED) is 0.502. The molecule has 0 spiro atoms. The lowest BCUT2D eigenvalue weighted by molar-refractivity contribution is 0.898. The summed E-state index contributed by atoms with van der Waals surface area (Å²) in [5.41, 5.74) is 1.89. The Morgan fingerprint density at radius 1 is 1.30 bits per heavy atom. The van der Waals surface area contributed by atoms with Gasteiger partial charge in [0, 0.05) is 0 Å². The van der Waals surface area contributed by atoms with Gasteiger partial charge in [-0.1, -0.05) is 17.3 Å². The molecule has 0 unspecified atom stereocenters. The first kappa shape index (κ1) is 5.61. The molecular weight excluding hydrogens is 142 g/mol. The summed E-state index contributed by atoms with van der Waals surface area (Å²) in [4.78, 5) is 0. The number of fused-ring (bicyclic) bond motifs is 1. The predicted octanol–water partition coefficient (Wildman–Crippen LogP) is 0.363. The van der Waals surface area contributed by atoms with Crippen LogP contribution in [0.25, 0.3) is 11.0 Å². The number of para-hydroxylation sites is 1. The lowest BCUT2D eigenvalue weighted by Crippen LogP contribution is -1.92. The molecule has 1 aromatic carbocycles. The number of hydrogen-bond acceptors (Lipinski definition) is 2. The number of nitrogens with zero attached hydrogens (tertiary/aromatic N) is 3. The molecule has 0 N–H and O–H groups in total. The van der Waals surface area contributed by atoms with E-state index in [9.17, 15) is 0 Å². The van der Waals surface area contributed by atoms with Crippen LogP contribution < -0.4 is 0 Å². The van der Waals surface area contributed by atoms with Crippen molar-refractivity contribution in [3.63, 3.8) is 0 Å². The lowest BCUT2D eigenvalue weighted by atomic mass is 10.3. The Bertz CT molecular complexity index is 355. The Kier molecular flexibility index (Phi) is 1.07. The van der Waals surface area contributed by atoms with E-state index in [1.807, 2.05) is 24.3 Å². The van der Waals surface area contributed by atoms with E-state index in [1.54, 1.807) is 4.35 Å². The second-order valence-electron chi connectivity index (χ2n) is 1.99. The normalized spacial score (nSPS) is 10.5. The van der Waals surface area contributed by atoms with Crippen LogP contribution >= 0.6 is 0 Å². The van der Waals surface area contributed by atoms with Gasteiger partial charge in [0.1, 0.15) is 5.52 Å². The fourth-order valence-electron chi connectivity index (χ4n) is 0.869. The van der Waals surface area contributed by atoms with Crippen molar-refractivity contribution >= 4 is 21.4 Å². The molecule has 47 valence electrons. The SMILES string of the molecule is [Si]n1nnc2ccccc21. The fourth-order valence-corrected chi connectivity index (χ4v) is 1.10. The highest BCUT2D eigenvalue weighted by molar-refractivity contribution is 6.09. The minimum absolute atomic E-state index is 0.900. The summed E-state index contributed by atoms with van der Waals surface area (Å²) in [7, 11) is 3.26. The van der Waals surface area contributed by atoms with Gasteiger partial charge in [-0.25, -0.2) is 0 Å². The summed E-state index contributed by atoms with van der Waals surface area (Å²) in [6.45, 7) is 0. The van der Waals surface area contributed by atoms with Gasteiger partial charge in [-0.3, -0.25) is 4.35 Å². The van der Waals surface area contributed by atoms with Crippen LogP contribution in [0.5, 0.6) is 0 Å². The summed E-state index contributed by atoms with van der Waals surface area (Å²) in [5, 5.41) is 7.66. The lowest BCUT2D eigenvalue weighted by Gasteiger charge is -1.87. The van der Waals surface area contributed by atoms with Gasteiger partial charge >= 0.3 is 0 Å². The zero-order valence-corrected chi connectivity index (χ0v) is 6.15. The Hall–Kier alpha value is -1.16. The number of aromatic nitrogens is 3. The average Bonchev–Trinajstić information content (AvgIpc) is 2.34. The second kappa shape index (κ2) is 1.91. The zero-order valence-electron chi connectivity index (χ0n) is 5.15. The summed E-state index contributed by atoms with van der Waals surface area (Å²) in [6, 6.07) is 7.74. The summed E-state index contributed by atoms with van der Waals surface area (Å²) in [6.07, 6.45) is 0. The molecular formula is C6H4N3Si. The molecule has 1 heterocycles. The predicted molar refractivity (Wildman–Crippen MR) is 38.7 cm³/mol. The third-order valence-corrected chi connectivity index (χ3v) is 1.68. The fraction of sp³-hybridized carbons (Fsp3) is 0. The molecule has 0 amide bonds. The Morgan fingerprint density at radius 3 is 2.90 bits per heavy atom. The van der Waals surface area contributed by atoms with E-state index < -0.39 is 0 Å². The van der Waals surface area contributed by atoms with Gasteiger partial charge in [0.05, 0.1) is 5.52 Å². The van der Waals surface area contributed by atoms with Crippen LogP contribution in [0.4, 0.5) is 0 Å². The molecule has 0 aliphatic heterocycles. The summed E-state index contributed by atoms with van der Waals surface area (Å²) < 4.78 is 1.56. The monoisotopic (exact) mass is 146 g/mol. The van der Waals surface area contributed by atoms with Crippen LogP contribution in [0.1, 0.15) is 0 Å². The maximum atomic E-state index is 3.88. The molecule has 0 atom stereocenters. The van der Waals surface area contributed by atoms with E-state index in [-0.39, 0.29) is 0 Å². The van der Waals surface area contributed by atoms with Crippen molar-refractivity contribution in [3.8, 4) is 0 Å². The highest BCUT2D eigenvalue weighted by Crippen LogP contribution is 2.06. The van der Waals surface area contributed by atoms with E-state index in [2.05, 4.69) is 20.7 Å². The minimum atomic E-state index is 0.900. The second-order valence-corrected chi connectivity index (χ2v) is 2.41. The third-order valence-electron chi connectivity index (χ3n) is 1.35. The van der Waals surface area contributed by atoms with Gasteiger partial charge in [0.25, 0.3) is 0 Å². The largest absolute Gasteiger partial charge is 0.278 e. The Labute approximate surface area is 61.2 Å². The first-order valence-electron chi connectivity index (χ1n) is 2.90. The maximum absolute atomic E-state index is 3.88. The Morgan fingerprint density at radius 2 is 2.10 bits per heavy atom. The van der Waals surface area contributed by atoms with E-state index in [0.29, 0.717) is 0 Å². The van der Waals surface area contributed by atoms with E-state index in [4.69, 9.17) is 0 Å². The number of hydrogen-bond donors (Lipinski definition) is 0. The van der Waals surface area contributed by atoms with Crippen molar-refractivity contribution in [3.05, 3.63) is 24.3 Å². The third kappa shape index (κ3) is 0.656. The first-order chi connectivity index (χ1) is 4.88. The zero-order chi connectivity index (χ0) is 6.97. The molecule has 2 aromatic rings. The first-order valence-corrected chi connectivity index (χ1v) is 3.35. The van der Waals surface area contributed by atoms with Crippen molar-refractivity contribution in [2.24, 2.45) is 0 Å². The molecule has 0 bridgehead atoms. The topological polar surface area (TPSA) is 30.7 Å². The van der Waals surface area contributed by atoms with Crippen molar-refractivity contribution in [2.45, 2.75) is 0 Å². The van der Waals surface area contributed by atoms with E-state index in [1.165, 1.54) is 0 Å². The van der Waals surface area contributed by atoms with Gasteiger partial charge in [-0.2, -0.15) is 0 Å². The van der Waals surface area contributed by atoms with Crippen LogP contribution in [0, 0.1) is 0 Å². The van der Waals surface area contributed by atoms with Crippen molar-refractivity contribution in [1.82, 2.24) is 14.7 Å². The van der Waals surface area contributed by atoms with Gasteiger partial charge < -0.3 is 0 Å². The van der Waals surface area contributed by atoms with Crippen molar-refractivity contribution in [1.29, 1.82) is 0 Å². The van der Waals surface area contributed by atoms with E-state index in [0.717, 1.165) is 11.0 Å². The van der Waals surface area contributed by atoms with Gasteiger partial charge in [-0.15, -0.1) is 5.10 Å². The minimum Gasteiger partial charge on any atom is -0.278 e. The molecule has 4 heteroatoms. The average molecular weight is 146 g/mol. The van der Waals surface area contributed by atoms with Crippen LogP contribution in [0.15, 0.2) is 24.3 Å². The van der Waals surface area contributed by atoms with Gasteiger partial charge in [-0.05, 0) is 12.1 Å². The Balaban J connectivity index is 2.93. The summed E-state index contributed by atoms with van der Waals surface area (Å²) in [5.74, 6) is 0. The van der Waals surface area contributed by atoms with Crippen LogP contribution in [0.3, 0.4) is 0 Å². The van der Waals surface area contributed by atoms with Crippen LogP contribution in [-0.2, 0) is 0 Å². The van der Waals surface area contributed by atoms with Gasteiger partial charge in [0.2, 0.25) is 10.4 Å². The molecule has 3 nitrogen and oxygen atoms in total. The standard InChI is InChI=1S/C6H4N3Si/c10-9-6-4-2-1-3-5(6)7-8-9/h1-4H. The van der Waals surface area contributed by atoms with Crippen LogP contribution in [0.2, 0.25) is 0 Å². The molecule has 0 aliphatic rings. The highest BCUT2D eigenvalue weighted by atomic mass is 28.2. The van der Waals surface area contributed by atoms with Crippen LogP contribution in [-0.4, -0.2) is 25.1 Å². The molecule has 0 saturated carbocycles. The molecule has 1 aromatic heterocycles. The van der Waals surface area contributed by atoms with Crippen molar-refractivity contribution in [2.75, 3.05) is 0 Å². The smallest absolute Gasteiger partial charge is 0.228 e. The number of benzene rings is 1. The molecule has 0 fully saturated rings. The number of rotatable bonds is 0. The maximum Gasteiger partial charge on any atom is 0.228 e. The van der Waals surface area contributed by atoms with E-state index >= 15 is 0 Å². The molecule has 10 heavy (non-hydrogen) atoms. The molecule has 3 radical (unpaired) electrons. The van der Waals surface area contributed by atoms with Crippen molar-refractivity contribution < 1.29 is 0 Å². The molecule has 0 aliphatic carbocycles. The molecule has 2 rings (SSSR count). The van der Waals surface area contributed by atoms with Gasteiger partial charge in [0.15, 0.2) is 0 Å². The summed E-state index contributed by atoms with van der Waals surface area (Å²) >= 11 is 0. The highest BCUT2D eigenvalue weighted by Gasteiger charge is 1.95. The molecule has 0 saturated heterocycles.